The molecule has 1 aliphatic rings. The minimum Gasteiger partial charge on any atom is -0.481 e. The number of rotatable bonds is 10. The molecule has 2 unspecified atom stereocenters. The Kier molecular flexibility index (Phi) is 11.2. The molecule has 5 nitrogen and oxygen atoms in total. The fraction of sp³-hybridized carbons (Fsp3) is 0.364. The van der Waals surface area contributed by atoms with Crippen molar-refractivity contribution in [2.45, 2.75) is 71.8 Å². The Morgan fingerprint density at radius 3 is 2.37 bits per heavy atom. The molecule has 3 aromatic carbocycles. The van der Waals surface area contributed by atoms with Gasteiger partial charge in [0.2, 0.25) is 5.92 Å². The van der Waals surface area contributed by atoms with Crippen LogP contribution in [0.15, 0.2) is 66.4 Å². The zero-order valence-electron chi connectivity index (χ0n) is 24.1. The van der Waals surface area contributed by atoms with Gasteiger partial charge in [-0.3, -0.25) is 4.79 Å². The molecule has 0 aliphatic carbocycles. The number of unbranched alkanes of at least 4 members (excludes halogenated alkanes) is 1. The van der Waals surface area contributed by atoms with Crippen LogP contribution in [0.1, 0.15) is 67.0 Å². The van der Waals surface area contributed by atoms with Gasteiger partial charge in [-0.25, -0.2) is 13.6 Å². The van der Waals surface area contributed by atoms with E-state index in [1.165, 1.54) is 5.56 Å². The second-order valence-corrected chi connectivity index (χ2v) is 11.6. The van der Waals surface area contributed by atoms with Gasteiger partial charge >= 0.3 is 5.97 Å². The van der Waals surface area contributed by atoms with Crippen LogP contribution >= 0.6 is 9.24 Å². The molecule has 0 aromatic heterocycles. The molecular formula is C33H39F2N2O3P. The van der Waals surface area contributed by atoms with Gasteiger partial charge in [-0.15, -0.1) is 9.24 Å². The topological polar surface area (TPSA) is 69.6 Å². The summed E-state index contributed by atoms with van der Waals surface area (Å²) >= 11 is 0. The van der Waals surface area contributed by atoms with Crippen molar-refractivity contribution in [3.8, 4) is 0 Å². The Bertz CT molecular complexity index is 1390. The van der Waals surface area contributed by atoms with Crippen LogP contribution in [0.5, 0.6) is 0 Å². The third-order valence-corrected chi connectivity index (χ3v) is 7.01. The fourth-order valence-corrected chi connectivity index (χ4v) is 5.06. The number of aliphatic carboxylic acids is 1. The van der Waals surface area contributed by atoms with E-state index in [2.05, 4.69) is 75.6 Å². The molecule has 1 aliphatic heterocycles. The van der Waals surface area contributed by atoms with E-state index in [9.17, 15) is 18.4 Å². The van der Waals surface area contributed by atoms with E-state index >= 15 is 0 Å². The smallest absolute Gasteiger partial charge is 0.303 e. The summed E-state index contributed by atoms with van der Waals surface area (Å²) in [5, 5.41) is 13.6. The number of hydrogen-bond acceptors (Lipinski definition) is 4. The molecule has 0 radical (unpaired) electrons. The highest BCUT2D eigenvalue weighted by atomic mass is 31.0. The van der Waals surface area contributed by atoms with Crippen molar-refractivity contribution in [1.29, 1.82) is 0 Å². The number of anilines is 2. The van der Waals surface area contributed by atoms with Crippen LogP contribution in [-0.2, 0) is 22.4 Å². The van der Waals surface area contributed by atoms with Crippen molar-refractivity contribution < 1.29 is 23.5 Å². The third kappa shape index (κ3) is 10.1. The molecule has 2 N–H and O–H groups in total. The number of benzene rings is 3. The first-order valence-electron chi connectivity index (χ1n) is 13.8. The average molecular weight is 581 g/mol. The van der Waals surface area contributed by atoms with Crippen molar-refractivity contribution in [1.82, 2.24) is 0 Å². The van der Waals surface area contributed by atoms with Crippen molar-refractivity contribution in [2.75, 3.05) is 16.8 Å². The standard InChI is InChI=1S/C30H33N2O3P.C3H6F2/c1-20-7-8-23-13-14-32(27(23)17-20)28(19-33)30(24-9-11-26(36)12-10-24)31-25-16-21(2)15-22(18-25)5-3-4-6-29(34)35;1-3(2,4)5/h7-12,15-18,30-31H,3-6,13-14,36H2,1-2H3,(H,34,35);1-2H3. The first kappa shape index (κ1) is 32.0. The summed E-state index contributed by atoms with van der Waals surface area (Å²) in [6, 6.07) is 20.5. The maximum Gasteiger partial charge on any atom is 0.303 e. The number of nitrogens with one attached hydrogen (secondary N) is 1. The van der Waals surface area contributed by atoms with Gasteiger partial charge in [0, 0.05) is 24.3 Å². The molecular weight excluding hydrogens is 541 g/mol. The molecule has 2 atom stereocenters. The van der Waals surface area contributed by atoms with Crippen molar-refractivity contribution in [2.24, 2.45) is 0 Å². The normalized spacial score (nSPS) is 13.0. The number of carboxylic acids is 1. The van der Waals surface area contributed by atoms with Gasteiger partial charge in [-0.1, -0.05) is 42.5 Å². The van der Waals surface area contributed by atoms with Crippen LogP contribution in [0.2, 0.25) is 0 Å². The molecule has 218 valence electrons. The molecule has 0 fully saturated rings. The number of carbonyl (C=O) groups excluding carboxylic acids is 1. The van der Waals surface area contributed by atoms with Crippen molar-refractivity contribution >= 4 is 37.8 Å². The van der Waals surface area contributed by atoms with Crippen LogP contribution in [-0.4, -0.2) is 29.5 Å². The first-order valence-corrected chi connectivity index (χ1v) is 14.4. The first-order chi connectivity index (χ1) is 19.3. The largest absolute Gasteiger partial charge is 0.481 e. The fourth-order valence-electron chi connectivity index (χ4n) is 4.87. The molecule has 4 rings (SSSR count). The van der Waals surface area contributed by atoms with Gasteiger partial charge in [-0.05, 0) is 105 Å². The van der Waals surface area contributed by atoms with E-state index in [0.717, 1.165) is 78.6 Å². The van der Waals surface area contributed by atoms with E-state index in [4.69, 9.17) is 5.11 Å². The van der Waals surface area contributed by atoms with E-state index in [1.807, 2.05) is 24.3 Å². The van der Waals surface area contributed by atoms with Gasteiger partial charge in [0.1, 0.15) is 17.7 Å². The minimum absolute atomic E-state index is 0.189. The second-order valence-electron chi connectivity index (χ2n) is 10.9. The number of hydrogen-bond donors (Lipinski definition) is 2. The Balaban J connectivity index is 0.000000850. The van der Waals surface area contributed by atoms with Gasteiger partial charge in [0.05, 0.1) is 0 Å². The number of halogens is 2. The highest BCUT2D eigenvalue weighted by Crippen LogP contribution is 2.37. The Labute approximate surface area is 243 Å². The second kappa shape index (κ2) is 14.4. The molecule has 0 spiro atoms. The zero-order valence-corrected chi connectivity index (χ0v) is 25.3. The number of nitrogens with zero attached hydrogens (tertiary/aromatic N) is 1. The molecule has 0 bridgehead atoms. The lowest BCUT2D eigenvalue weighted by Crippen LogP contribution is -2.29. The molecule has 8 heteroatoms. The minimum atomic E-state index is -2.50. The van der Waals surface area contributed by atoms with Crippen LogP contribution in [0.25, 0.3) is 0 Å². The predicted octanol–water partition coefficient (Wildman–Crippen LogP) is 7.19. The Morgan fingerprint density at radius 2 is 1.73 bits per heavy atom. The highest BCUT2D eigenvalue weighted by molar-refractivity contribution is 7.27. The summed E-state index contributed by atoms with van der Waals surface area (Å²) in [6.45, 7) is 6.57. The molecule has 1 heterocycles. The number of carboxylic acid groups (broad SMARTS) is 1. The van der Waals surface area contributed by atoms with E-state index in [-0.39, 0.29) is 12.5 Å². The van der Waals surface area contributed by atoms with Gasteiger partial charge in [0.15, 0.2) is 0 Å². The van der Waals surface area contributed by atoms with Crippen LogP contribution in [0, 0.1) is 13.8 Å². The summed E-state index contributed by atoms with van der Waals surface area (Å²) in [5.41, 5.74) is 8.24. The molecule has 0 amide bonds. The van der Waals surface area contributed by atoms with E-state index < -0.39 is 11.9 Å². The molecule has 0 saturated heterocycles. The van der Waals surface area contributed by atoms with Crippen LogP contribution < -0.4 is 15.5 Å². The average Bonchev–Trinajstić information content (AvgIpc) is 3.28. The van der Waals surface area contributed by atoms with Gasteiger partial charge < -0.3 is 15.3 Å². The maximum atomic E-state index is 12.5. The predicted molar refractivity (Wildman–Crippen MR) is 166 cm³/mol. The van der Waals surface area contributed by atoms with Gasteiger partial charge in [-0.2, -0.15) is 0 Å². The summed E-state index contributed by atoms with van der Waals surface area (Å²) in [5.74, 6) is -0.968. The number of aryl methyl sites for hydroxylation is 3. The summed E-state index contributed by atoms with van der Waals surface area (Å²) in [6.07, 6.45) is 3.36. The van der Waals surface area contributed by atoms with Gasteiger partial charge in [0.25, 0.3) is 0 Å². The molecule has 41 heavy (non-hydrogen) atoms. The Hall–Kier alpha value is -3.53. The van der Waals surface area contributed by atoms with E-state index in [1.54, 1.807) is 0 Å². The summed E-state index contributed by atoms with van der Waals surface area (Å²) < 4.78 is 22.0. The van der Waals surface area contributed by atoms with Crippen LogP contribution in [0.4, 0.5) is 20.2 Å². The SMILES string of the molecule is CC(C)(F)F.Cc1cc(CCCCC(=O)O)cc(NC(C(=C=O)N2CCc3ccc(C)cc32)c2ccc(P)cc2)c1. The summed E-state index contributed by atoms with van der Waals surface area (Å²) in [4.78, 5) is 25.5. The Morgan fingerprint density at radius 1 is 1.05 bits per heavy atom. The molecule has 0 saturated carbocycles. The lowest BCUT2D eigenvalue weighted by atomic mass is 10.0. The highest BCUT2D eigenvalue weighted by Gasteiger charge is 2.29. The number of fused-ring (bicyclic) bond motifs is 1. The van der Waals surface area contributed by atoms with E-state index in [0.29, 0.717) is 12.1 Å². The number of carbonyl (C=O) groups is 1. The maximum absolute atomic E-state index is 12.5. The quantitative estimate of drug-likeness (QED) is 0.151. The van der Waals surface area contributed by atoms with Crippen molar-refractivity contribution in [3.05, 3.63) is 94.2 Å². The summed E-state index contributed by atoms with van der Waals surface area (Å²) in [7, 11) is 2.70. The number of alkyl halides is 2. The van der Waals surface area contributed by atoms with Crippen LogP contribution in [0.3, 0.4) is 0 Å². The molecule has 3 aromatic rings. The lowest BCUT2D eigenvalue weighted by Gasteiger charge is -2.29. The van der Waals surface area contributed by atoms with Crippen molar-refractivity contribution in [3.63, 3.8) is 0 Å². The third-order valence-electron chi connectivity index (χ3n) is 6.63. The zero-order chi connectivity index (χ0) is 30.2. The lowest BCUT2D eigenvalue weighted by molar-refractivity contribution is -0.137. The monoisotopic (exact) mass is 580 g/mol.